The van der Waals surface area contributed by atoms with Crippen molar-refractivity contribution in [3.63, 3.8) is 0 Å². The molecule has 1 saturated carbocycles. The van der Waals surface area contributed by atoms with Crippen LogP contribution in [0.2, 0.25) is 10.0 Å². The van der Waals surface area contributed by atoms with E-state index in [0.717, 1.165) is 62.1 Å². The molecule has 30 heavy (non-hydrogen) atoms. The summed E-state index contributed by atoms with van der Waals surface area (Å²) in [5, 5.41) is 4.62. The van der Waals surface area contributed by atoms with E-state index in [9.17, 15) is 4.79 Å². The molecular weight excluding hydrogens is 421 g/mol. The Morgan fingerprint density at radius 1 is 1.13 bits per heavy atom. The normalized spacial score (nSPS) is 22.8. The SMILES string of the molecule is COCCCC(=O)NC1CCC(CCN2CCN(c3ccc(Cl)cc3Cl)CC2)CC1. The highest BCUT2D eigenvalue weighted by Gasteiger charge is 2.24. The molecule has 1 saturated heterocycles. The molecule has 0 spiro atoms. The lowest BCUT2D eigenvalue weighted by molar-refractivity contribution is -0.122. The minimum absolute atomic E-state index is 0.175. The summed E-state index contributed by atoms with van der Waals surface area (Å²) in [6.45, 7) is 5.98. The van der Waals surface area contributed by atoms with Crippen molar-refractivity contribution in [2.75, 3.05) is 51.3 Å². The number of piperazine rings is 1. The minimum Gasteiger partial charge on any atom is -0.385 e. The monoisotopic (exact) mass is 455 g/mol. The summed E-state index contributed by atoms with van der Waals surface area (Å²) >= 11 is 12.4. The molecule has 1 aliphatic carbocycles. The summed E-state index contributed by atoms with van der Waals surface area (Å²) in [7, 11) is 1.67. The first-order valence-corrected chi connectivity index (χ1v) is 12.0. The maximum atomic E-state index is 12.0. The van der Waals surface area contributed by atoms with E-state index >= 15 is 0 Å². The largest absolute Gasteiger partial charge is 0.385 e. The Bertz CT molecular complexity index is 672. The van der Waals surface area contributed by atoms with E-state index in [-0.39, 0.29) is 5.91 Å². The summed E-state index contributed by atoms with van der Waals surface area (Å²) in [5.74, 6) is 0.963. The number of hydrogen-bond acceptors (Lipinski definition) is 4. The Labute approximate surface area is 191 Å². The van der Waals surface area contributed by atoms with Gasteiger partial charge in [-0.15, -0.1) is 0 Å². The fourth-order valence-electron chi connectivity index (χ4n) is 4.59. The van der Waals surface area contributed by atoms with Crippen molar-refractivity contribution in [1.29, 1.82) is 0 Å². The molecule has 0 radical (unpaired) electrons. The molecule has 1 amide bonds. The fourth-order valence-corrected chi connectivity index (χ4v) is 5.12. The van der Waals surface area contributed by atoms with Crippen molar-refractivity contribution in [1.82, 2.24) is 10.2 Å². The van der Waals surface area contributed by atoms with Crippen LogP contribution in [0.15, 0.2) is 18.2 Å². The number of nitrogens with one attached hydrogen (secondary N) is 1. The lowest BCUT2D eigenvalue weighted by atomic mass is 9.84. The van der Waals surface area contributed by atoms with Gasteiger partial charge in [-0.25, -0.2) is 0 Å². The van der Waals surface area contributed by atoms with Crippen molar-refractivity contribution < 1.29 is 9.53 Å². The van der Waals surface area contributed by atoms with Gasteiger partial charge in [0.15, 0.2) is 0 Å². The molecule has 0 bridgehead atoms. The van der Waals surface area contributed by atoms with E-state index < -0.39 is 0 Å². The van der Waals surface area contributed by atoms with Crippen molar-refractivity contribution >= 4 is 34.8 Å². The van der Waals surface area contributed by atoms with Crippen LogP contribution >= 0.6 is 23.2 Å². The molecule has 0 unspecified atom stereocenters. The quantitative estimate of drug-likeness (QED) is 0.552. The van der Waals surface area contributed by atoms with Crippen LogP contribution in [0.25, 0.3) is 0 Å². The summed E-state index contributed by atoms with van der Waals surface area (Å²) in [4.78, 5) is 16.9. The van der Waals surface area contributed by atoms with E-state index in [2.05, 4.69) is 15.1 Å². The zero-order valence-corrected chi connectivity index (χ0v) is 19.6. The first-order valence-electron chi connectivity index (χ1n) is 11.3. The van der Waals surface area contributed by atoms with Crippen molar-refractivity contribution in [3.05, 3.63) is 28.2 Å². The summed E-state index contributed by atoms with van der Waals surface area (Å²) in [5.41, 5.74) is 1.09. The summed E-state index contributed by atoms with van der Waals surface area (Å²) < 4.78 is 5.01. The topological polar surface area (TPSA) is 44.8 Å². The molecule has 2 aliphatic rings. The number of nitrogens with zero attached hydrogens (tertiary/aromatic N) is 2. The van der Waals surface area contributed by atoms with E-state index in [1.165, 1.54) is 25.8 Å². The van der Waals surface area contributed by atoms with Gasteiger partial charge in [0.2, 0.25) is 5.91 Å². The Morgan fingerprint density at radius 2 is 1.87 bits per heavy atom. The number of halogens is 2. The molecule has 0 atom stereocenters. The van der Waals surface area contributed by atoms with Gasteiger partial charge in [0.1, 0.15) is 0 Å². The second-order valence-electron chi connectivity index (χ2n) is 8.59. The van der Waals surface area contributed by atoms with E-state index in [4.69, 9.17) is 27.9 Å². The number of hydrogen-bond donors (Lipinski definition) is 1. The van der Waals surface area contributed by atoms with E-state index in [0.29, 0.717) is 24.1 Å². The van der Waals surface area contributed by atoms with Gasteiger partial charge in [-0.05, 0) is 69.2 Å². The maximum Gasteiger partial charge on any atom is 0.220 e. The van der Waals surface area contributed by atoms with Crippen molar-refractivity contribution in [2.45, 2.75) is 51.0 Å². The maximum absolute atomic E-state index is 12.0. The average Bonchev–Trinajstić information content (AvgIpc) is 2.74. The third-order valence-electron chi connectivity index (χ3n) is 6.44. The molecule has 1 heterocycles. The highest BCUT2D eigenvalue weighted by Crippen LogP contribution is 2.30. The van der Waals surface area contributed by atoms with Crippen molar-refractivity contribution in [2.24, 2.45) is 5.92 Å². The highest BCUT2D eigenvalue weighted by molar-refractivity contribution is 6.36. The standard InChI is InChI=1S/C23H35Cl2N3O2/c1-30-16-2-3-23(29)26-20-7-4-18(5-8-20)10-11-27-12-14-28(15-13-27)22-9-6-19(24)17-21(22)25/h6,9,17-18,20H,2-5,7-8,10-16H2,1H3,(H,26,29). The number of benzene rings is 1. The number of rotatable bonds is 9. The molecule has 168 valence electrons. The molecule has 1 aromatic carbocycles. The van der Waals surface area contributed by atoms with Crippen LogP contribution < -0.4 is 10.2 Å². The Hall–Kier alpha value is -1.01. The Kier molecular flexibility index (Phi) is 9.57. The fraction of sp³-hybridized carbons (Fsp3) is 0.696. The van der Waals surface area contributed by atoms with Crippen LogP contribution in [0, 0.1) is 5.92 Å². The number of anilines is 1. The van der Waals surface area contributed by atoms with E-state index in [1.807, 2.05) is 18.2 Å². The third-order valence-corrected chi connectivity index (χ3v) is 6.98. The lowest BCUT2D eigenvalue weighted by Gasteiger charge is -2.37. The number of ether oxygens (including phenoxy) is 1. The molecule has 0 aromatic heterocycles. The number of methoxy groups -OCH3 is 1. The van der Waals surface area contributed by atoms with Gasteiger partial charge < -0.3 is 15.0 Å². The average molecular weight is 456 g/mol. The highest BCUT2D eigenvalue weighted by atomic mass is 35.5. The zero-order chi connectivity index (χ0) is 21.3. The van der Waals surface area contributed by atoms with Gasteiger partial charge in [0.05, 0.1) is 10.7 Å². The van der Waals surface area contributed by atoms with Crippen LogP contribution in [-0.4, -0.2) is 63.3 Å². The predicted molar refractivity (Wildman–Crippen MR) is 125 cm³/mol. The van der Waals surface area contributed by atoms with Crippen LogP contribution in [-0.2, 0) is 9.53 Å². The van der Waals surface area contributed by atoms with Gasteiger partial charge in [0.25, 0.3) is 0 Å². The van der Waals surface area contributed by atoms with Gasteiger partial charge in [-0.2, -0.15) is 0 Å². The van der Waals surface area contributed by atoms with E-state index in [1.54, 1.807) is 7.11 Å². The second-order valence-corrected chi connectivity index (χ2v) is 9.44. The van der Waals surface area contributed by atoms with Gasteiger partial charge >= 0.3 is 0 Å². The molecule has 1 aliphatic heterocycles. The Morgan fingerprint density at radius 3 is 2.53 bits per heavy atom. The smallest absolute Gasteiger partial charge is 0.220 e. The third kappa shape index (κ3) is 7.30. The molecular formula is C23H35Cl2N3O2. The first kappa shape index (κ1) is 23.6. The minimum atomic E-state index is 0.175. The molecule has 2 fully saturated rings. The number of carbonyl (C=O) groups is 1. The lowest BCUT2D eigenvalue weighted by Crippen LogP contribution is -2.47. The van der Waals surface area contributed by atoms with Crippen LogP contribution in [0.4, 0.5) is 5.69 Å². The molecule has 1 N–H and O–H groups in total. The molecule has 3 rings (SSSR count). The number of amides is 1. The summed E-state index contributed by atoms with van der Waals surface area (Å²) in [6.07, 6.45) is 7.31. The summed E-state index contributed by atoms with van der Waals surface area (Å²) in [6, 6.07) is 6.12. The number of carbonyl (C=O) groups excluding carboxylic acids is 1. The second kappa shape index (κ2) is 12.1. The molecule has 7 heteroatoms. The molecule has 1 aromatic rings. The van der Waals surface area contributed by atoms with Gasteiger partial charge in [0, 0.05) is 57.4 Å². The molecule has 5 nitrogen and oxygen atoms in total. The zero-order valence-electron chi connectivity index (χ0n) is 18.0. The van der Waals surface area contributed by atoms with Crippen LogP contribution in [0.1, 0.15) is 44.9 Å². The Balaban J connectivity index is 1.31. The van der Waals surface area contributed by atoms with Crippen LogP contribution in [0.3, 0.4) is 0 Å². The van der Waals surface area contributed by atoms with Gasteiger partial charge in [-0.1, -0.05) is 23.2 Å². The predicted octanol–water partition coefficient (Wildman–Crippen LogP) is 4.61. The van der Waals surface area contributed by atoms with Gasteiger partial charge in [-0.3, -0.25) is 9.69 Å². The van der Waals surface area contributed by atoms with Crippen molar-refractivity contribution in [3.8, 4) is 0 Å². The van der Waals surface area contributed by atoms with Crippen LogP contribution in [0.5, 0.6) is 0 Å². The first-order chi connectivity index (χ1) is 14.5.